The second-order valence-electron chi connectivity index (χ2n) is 4.75. The van der Waals surface area contributed by atoms with E-state index in [-0.39, 0.29) is 0 Å². The lowest BCUT2D eigenvalue weighted by atomic mass is 9.86. The molecule has 0 amide bonds. The molecule has 0 spiro atoms. The Labute approximate surface area is 104 Å². The normalized spacial score (nSPS) is 11.9. The molecule has 90 valence electrons. The van der Waals surface area contributed by atoms with Gasteiger partial charge < -0.3 is 5.11 Å². The van der Waals surface area contributed by atoms with Gasteiger partial charge in [0.05, 0.1) is 10.9 Å². The van der Waals surface area contributed by atoms with Crippen LogP contribution in [0, 0.1) is 5.41 Å². The topological polar surface area (TPSA) is 66.0 Å². The lowest BCUT2D eigenvalue weighted by Crippen LogP contribution is -2.26. The first-order valence-electron chi connectivity index (χ1n) is 5.26. The Hall–Kier alpha value is -1.55. The molecule has 2 N–H and O–H groups in total. The number of aromatic amines is 1. The van der Waals surface area contributed by atoms with E-state index in [4.69, 9.17) is 16.7 Å². The standard InChI is InChI=1S/C12H13ClN2O2/c1-12(2,11(16)17)6-7-3-4-9-8(5-7)10(13)15-14-9/h3-5H,6H2,1-2H3,(H,14,15)(H,16,17). The number of benzene rings is 1. The molecule has 5 heteroatoms. The minimum Gasteiger partial charge on any atom is -0.481 e. The van der Waals surface area contributed by atoms with Crippen molar-refractivity contribution in [2.45, 2.75) is 20.3 Å². The molecule has 1 heterocycles. The third-order valence-electron chi connectivity index (χ3n) is 2.80. The summed E-state index contributed by atoms with van der Waals surface area (Å²) in [5.74, 6) is -0.809. The Morgan fingerprint density at radius 1 is 1.53 bits per heavy atom. The van der Waals surface area contributed by atoms with E-state index in [9.17, 15) is 4.79 Å². The summed E-state index contributed by atoms with van der Waals surface area (Å²) < 4.78 is 0. The largest absolute Gasteiger partial charge is 0.481 e. The zero-order valence-corrected chi connectivity index (χ0v) is 10.4. The summed E-state index contributed by atoms with van der Waals surface area (Å²) in [6.45, 7) is 3.41. The van der Waals surface area contributed by atoms with Crippen LogP contribution < -0.4 is 0 Å². The molecule has 0 fully saturated rings. The van der Waals surface area contributed by atoms with Crippen molar-refractivity contribution in [1.29, 1.82) is 0 Å². The summed E-state index contributed by atoms with van der Waals surface area (Å²) >= 11 is 5.94. The molecule has 0 unspecified atom stereocenters. The van der Waals surface area contributed by atoms with E-state index < -0.39 is 11.4 Å². The van der Waals surface area contributed by atoms with E-state index in [1.54, 1.807) is 13.8 Å². The second kappa shape index (κ2) is 4.04. The van der Waals surface area contributed by atoms with E-state index in [1.807, 2.05) is 18.2 Å². The Kier molecular flexibility index (Phi) is 2.83. The smallest absolute Gasteiger partial charge is 0.309 e. The summed E-state index contributed by atoms with van der Waals surface area (Å²) in [7, 11) is 0. The minimum absolute atomic E-state index is 0.458. The van der Waals surface area contributed by atoms with Crippen molar-refractivity contribution in [2.75, 3.05) is 0 Å². The van der Waals surface area contributed by atoms with Crippen LogP contribution in [-0.4, -0.2) is 21.3 Å². The number of rotatable bonds is 3. The third-order valence-corrected chi connectivity index (χ3v) is 3.09. The Morgan fingerprint density at radius 2 is 2.24 bits per heavy atom. The highest BCUT2D eigenvalue weighted by atomic mass is 35.5. The number of carboxylic acid groups (broad SMARTS) is 1. The fraction of sp³-hybridized carbons (Fsp3) is 0.333. The highest BCUT2D eigenvalue weighted by molar-refractivity contribution is 6.34. The molecule has 0 atom stereocenters. The fourth-order valence-electron chi connectivity index (χ4n) is 1.72. The van der Waals surface area contributed by atoms with Gasteiger partial charge in [0.1, 0.15) is 5.15 Å². The van der Waals surface area contributed by atoms with Crippen LogP contribution in [-0.2, 0) is 11.2 Å². The summed E-state index contributed by atoms with van der Waals surface area (Å²) in [4.78, 5) is 11.1. The SMILES string of the molecule is CC(C)(Cc1ccc2n[nH]c(Cl)c2c1)C(=O)O. The maximum absolute atomic E-state index is 11.1. The quantitative estimate of drug-likeness (QED) is 0.883. The van der Waals surface area contributed by atoms with E-state index >= 15 is 0 Å². The second-order valence-corrected chi connectivity index (χ2v) is 5.13. The lowest BCUT2D eigenvalue weighted by Gasteiger charge is -2.18. The van der Waals surface area contributed by atoms with E-state index in [1.165, 1.54) is 0 Å². The predicted molar refractivity (Wildman–Crippen MR) is 66.2 cm³/mol. The van der Waals surface area contributed by atoms with Crippen molar-refractivity contribution in [3.63, 3.8) is 0 Å². The van der Waals surface area contributed by atoms with Gasteiger partial charge in [-0.15, -0.1) is 0 Å². The van der Waals surface area contributed by atoms with Crippen LogP contribution in [0.2, 0.25) is 5.15 Å². The molecule has 0 bridgehead atoms. The molecule has 2 aromatic rings. The van der Waals surface area contributed by atoms with Gasteiger partial charge >= 0.3 is 5.97 Å². The molecule has 1 aromatic heterocycles. The van der Waals surface area contributed by atoms with Gasteiger partial charge in [0.25, 0.3) is 0 Å². The number of hydrogen-bond acceptors (Lipinski definition) is 2. The van der Waals surface area contributed by atoms with Gasteiger partial charge in [0, 0.05) is 5.39 Å². The van der Waals surface area contributed by atoms with E-state index in [2.05, 4.69) is 10.2 Å². The highest BCUT2D eigenvalue weighted by Gasteiger charge is 2.27. The molecule has 0 radical (unpaired) electrons. The number of halogens is 1. The van der Waals surface area contributed by atoms with Crippen LogP contribution in [0.25, 0.3) is 10.9 Å². The van der Waals surface area contributed by atoms with Crippen molar-refractivity contribution in [2.24, 2.45) is 5.41 Å². The van der Waals surface area contributed by atoms with E-state index in [0.29, 0.717) is 11.6 Å². The maximum atomic E-state index is 11.1. The van der Waals surface area contributed by atoms with Crippen LogP contribution in [0.4, 0.5) is 0 Å². The van der Waals surface area contributed by atoms with Crippen molar-refractivity contribution in [3.05, 3.63) is 28.9 Å². The molecule has 0 aliphatic carbocycles. The lowest BCUT2D eigenvalue weighted by molar-refractivity contribution is -0.146. The van der Waals surface area contributed by atoms with Gasteiger partial charge in [-0.25, -0.2) is 0 Å². The molecule has 0 saturated heterocycles. The number of nitrogens with zero attached hydrogens (tertiary/aromatic N) is 1. The Bertz CT molecular complexity index is 575. The zero-order chi connectivity index (χ0) is 12.6. The maximum Gasteiger partial charge on any atom is 0.309 e. The molecular weight excluding hydrogens is 240 g/mol. The van der Waals surface area contributed by atoms with Gasteiger partial charge in [0.2, 0.25) is 0 Å². The van der Waals surface area contributed by atoms with Gasteiger partial charge in [-0.05, 0) is 38.0 Å². The summed E-state index contributed by atoms with van der Waals surface area (Å²) in [6.07, 6.45) is 0.458. The van der Waals surface area contributed by atoms with Gasteiger partial charge in [-0.1, -0.05) is 17.7 Å². The number of hydrogen-bond donors (Lipinski definition) is 2. The van der Waals surface area contributed by atoms with Gasteiger partial charge in [0.15, 0.2) is 0 Å². The Balaban J connectivity index is 2.37. The number of carboxylic acids is 1. The van der Waals surface area contributed by atoms with Crippen molar-refractivity contribution in [1.82, 2.24) is 10.2 Å². The average Bonchev–Trinajstić information content (AvgIpc) is 2.60. The van der Waals surface area contributed by atoms with Crippen LogP contribution in [0.5, 0.6) is 0 Å². The molecular formula is C12H13ClN2O2. The fourth-order valence-corrected chi connectivity index (χ4v) is 1.92. The number of aromatic nitrogens is 2. The van der Waals surface area contributed by atoms with Crippen LogP contribution in [0.15, 0.2) is 18.2 Å². The summed E-state index contributed by atoms with van der Waals surface area (Å²) in [5, 5.41) is 17.1. The van der Waals surface area contributed by atoms with E-state index in [0.717, 1.165) is 16.5 Å². The van der Waals surface area contributed by atoms with Crippen LogP contribution in [0.3, 0.4) is 0 Å². The molecule has 1 aromatic carbocycles. The molecule has 17 heavy (non-hydrogen) atoms. The molecule has 2 rings (SSSR count). The molecule has 0 aliphatic rings. The van der Waals surface area contributed by atoms with Gasteiger partial charge in [-0.3, -0.25) is 9.89 Å². The van der Waals surface area contributed by atoms with Crippen molar-refractivity contribution < 1.29 is 9.90 Å². The van der Waals surface area contributed by atoms with Crippen LogP contribution in [0.1, 0.15) is 19.4 Å². The number of aliphatic carboxylic acids is 1. The Morgan fingerprint density at radius 3 is 2.88 bits per heavy atom. The number of carbonyl (C=O) groups is 1. The molecule has 0 aliphatic heterocycles. The minimum atomic E-state index is -0.809. The first-order chi connectivity index (χ1) is 7.90. The number of nitrogens with one attached hydrogen (secondary N) is 1. The van der Waals surface area contributed by atoms with Crippen molar-refractivity contribution in [3.8, 4) is 0 Å². The monoisotopic (exact) mass is 252 g/mol. The third kappa shape index (κ3) is 2.26. The first-order valence-corrected chi connectivity index (χ1v) is 5.64. The predicted octanol–water partition coefficient (Wildman–Crippen LogP) is 2.87. The first kappa shape index (κ1) is 11.9. The summed E-state index contributed by atoms with van der Waals surface area (Å²) in [5.41, 5.74) is 0.934. The highest BCUT2D eigenvalue weighted by Crippen LogP contribution is 2.26. The zero-order valence-electron chi connectivity index (χ0n) is 9.62. The molecule has 0 saturated carbocycles. The number of H-pyrrole nitrogens is 1. The van der Waals surface area contributed by atoms with Gasteiger partial charge in [-0.2, -0.15) is 5.10 Å². The van der Waals surface area contributed by atoms with Crippen LogP contribution >= 0.6 is 11.6 Å². The molecule has 4 nitrogen and oxygen atoms in total. The number of fused-ring (bicyclic) bond motifs is 1. The summed E-state index contributed by atoms with van der Waals surface area (Å²) in [6, 6.07) is 5.60. The average molecular weight is 253 g/mol. The van der Waals surface area contributed by atoms with Crippen molar-refractivity contribution >= 4 is 28.5 Å².